The molecule has 1 aliphatic rings. The zero-order chi connectivity index (χ0) is 19.0. The molecule has 0 N–H and O–H groups in total. The first-order chi connectivity index (χ1) is 12.9. The Morgan fingerprint density at radius 3 is 2.56 bits per heavy atom. The predicted molar refractivity (Wildman–Crippen MR) is 102 cm³/mol. The van der Waals surface area contributed by atoms with E-state index >= 15 is 0 Å². The van der Waals surface area contributed by atoms with Gasteiger partial charge in [-0.1, -0.05) is 41.4 Å². The molecule has 2 aromatic carbocycles. The Morgan fingerprint density at radius 1 is 1.07 bits per heavy atom. The lowest BCUT2D eigenvalue weighted by atomic mass is 10.2. The molecular formula is C18H15Cl2N3O3S. The van der Waals surface area contributed by atoms with Crippen molar-refractivity contribution in [2.75, 3.05) is 0 Å². The van der Waals surface area contributed by atoms with Crippen LogP contribution < -0.4 is 0 Å². The minimum absolute atomic E-state index is 0.00301. The Labute approximate surface area is 166 Å². The molecular weight excluding hydrogens is 409 g/mol. The molecule has 0 aliphatic heterocycles. The normalized spacial score (nSPS) is 14.6. The largest absolute Gasteiger partial charge is 0.419 e. The number of halogens is 2. The van der Waals surface area contributed by atoms with Gasteiger partial charge in [0.1, 0.15) is 0 Å². The second-order valence-electron chi connectivity index (χ2n) is 6.22. The van der Waals surface area contributed by atoms with E-state index in [0.717, 1.165) is 12.8 Å². The number of hydrogen-bond acceptors (Lipinski definition) is 5. The van der Waals surface area contributed by atoms with Gasteiger partial charge in [-0.25, -0.2) is 8.42 Å². The first-order valence-electron chi connectivity index (χ1n) is 8.30. The molecule has 1 aromatic heterocycles. The molecule has 1 heterocycles. The van der Waals surface area contributed by atoms with Crippen LogP contribution in [0.25, 0.3) is 11.5 Å². The quantitative estimate of drug-likeness (QED) is 0.587. The third kappa shape index (κ3) is 3.87. The molecule has 27 heavy (non-hydrogen) atoms. The predicted octanol–water partition coefficient (Wildman–Crippen LogP) is 4.40. The molecule has 1 aliphatic carbocycles. The molecule has 1 saturated carbocycles. The van der Waals surface area contributed by atoms with Crippen molar-refractivity contribution in [3.05, 3.63) is 64.5 Å². The average molecular weight is 424 g/mol. The highest BCUT2D eigenvalue weighted by atomic mass is 35.5. The van der Waals surface area contributed by atoms with Crippen LogP contribution in [0.4, 0.5) is 0 Å². The van der Waals surface area contributed by atoms with Crippen molar-refractivity contribution in [2.24, 2.45) is 0 Å². The van der Waals surface area contributed by atoms with Gasteiger partial charge in [0, 0.05) is 11.1 Å². The summed E-state index contributed by atoms with van der Waals surface area (Å²) in [7, 11) is -3.73. The van der Waals surface area contributed by atoms with Crippen LogP contribution in [-0.2, 0) is 16.6 Å². The van der Waals surface area contributed by atoms with E-state index in [1.807, 2.05) is 6.07 Å². The smallest absolute Gasteiger partial charge is 0.249 e. The fourth-order valence-corrected chi connectivity index (χ4v) is 4.88. The van der Waals surface area contributed by atoms with Crippen LogP contribution in [0, 0.1) is 0 Å². The van der Waals surface area contributed by atoms with E-state index in [4.69, 9.17) is 27.6 Å². The van der Waals surface area contributed by atoms with Gasteiger partial charge in [0.2, 0.25) is 21.8 Å². The Kier molecular flexibility index (Phi) is 4.94. The second kappa shape index (κ2) is 7.24. The van der Waals surface area contributed by atoms with E-state index in [2.05, 4.69) is 10.2 Å². The molecule has 0 unspecified atom stereocenters. The van der Waals surface area contributed by atoms with Crippen molar-refractivity contribution < 1.29 is 12.8 Å². The highest BCUT2D eigenvalue weighted by molar-refractivity contribution is 7.89. The van der Waals surface area contributed by atoms with Crippen LogP contribution in [0.5, 0.6) is 0 Å². The number of rotatable bonds is 6. The van der Waals surface area contributed by atoms with E-state index in [9.17, 15) is 8.42 Å². The third-order valence-electron chi connectivity index (χ3n) is 4.22. The summed E-state index contributed by atoms with van der Waals surface area (Å²) in [6.45, 7) is -0.00301. The molecule has 0 saturated heterocycles. The van der Waals surface area contributed by atoms with Gasteiger partial charge < -0.3 is 4.42 Å². The molecule has 0 spiro atoms. The Bertz CT molecular complexity index is 1080. The fraction of sp³-hybridized carbons (Fsp3) is 0.222. The molecule has 0 radical (unpaired) electrons. The summed E-state index contributed by atoms with van der Waals surface area (Å²) in [6.07, 6.45) is 1.59. The van der Waals surface area contributed by atoms with Crippen LogP contribution in [-0.4, -0.2) is 29.0 Å². The number of sulfonamides is 1. The molecule has 0 atom stereocenters. The van der Waals surface area contributed by atoms with E-state index in [1.54, 1.807) is 30.3 Å². The molecule has 1 fully saturated rings. The summed E-state index contributed by atoms with van der Waals surface area (Å²) in [6, 6.07) is 13.2. The summed E-state index contributed by atoms with van der Waals surface area (Å²) in [4.78, 5) is 0.146. The Morgan fingerprint density at radius 2 is 1.85 bits per heavy atom. The zero-order valence-electron chi connectivity index (χ0n) is 14.0. The molecule has 140 valence electrons. The Balaban J connectivity index is 1.63. The van der Waals surface area contributed by atoms with Crippen molar-refractivity contribution >= 4 is 33.2 Å². The van der Waals surface area contributed by atoms with Crippen molar-refractivity contribution in [2.45, 2.75) is 30.3 Å². The van der Waals surface area contributed by atoms with Gasteiger partial charge in [-0.15, -0.1) is 10.2 Å². The van der Waals surface area contributed by atoms with Crippen molar-refractivity contribution in [1.82, 2.24) is 14.5 Å². The van der Waals surface area contributed by atoms with Crippen LogP contribution >= 0.6 is 23.2 Å². The lowest BCUT2D eigenvalue weighted by Gasteiger charge is -2.20. The maximum absolute atomic E-state index is 13.1. The van der Waals surface area contributed by atoms with Crippen LogP contribution in [0.3, 0.4) is 0 Å². The summed E-state index contributed by atoms with van der Waals surface area (Å²) >= 11 is 12.1. The minimum Gasteiger partial charge on any atom is -0.419 e. The summed E-state index contributed by atoms with van der Waals surface area (Å²) < 4.78 is 33.2. The topological polar surface area (TPSA) is 76.3 Å². The highest BCUT2D eigenvalue weighted by Crippen LogP contribution is 2.34. The molecule has 9 heteroatoms. The first-order valence-corrected chi connectivity index (χ1v) is 10.5. The van der Waals surface area contributed by atoms with Gasteiger partial charge in [-0.3, -0.25) is 0 Å². The minimum atomic E-state index is -3.73. The van der Waals surface area contributed by atoms with Crippen molar-refractivity contribution in [3.8, 4) is 11.5 Å². The molecule has 4 rings (SSSR count). The van der Waals surface area contributed by atoms with Gasteiger partial charge in [-0.05, 0) is 43.2 Å². The van der Waals surface area contributed by atoms with Crippen molar-refractivity contribution in [1.29, 1.82) is 0 Å². The van der Waals surface area contributed by atoms with E-state index < -0.39 is 10.0 Å². The number of benzene rings is 2. The van der Waals surface area contributed by atoms with E-state index in [-0.39, 0.29) is 29.3 Å². The summed E-state index contributed by atoms with van der Waals surface area (Å²) in [5, 5.41) is 8.86. The number of hydrogen-bond donors (Lipinski definition) is 0. The lowest BCUT2D eigenvalue weighted by molar-refractivity contribution is 0.351. The maximum atomic E-state index is 13.1. The van der Waals surface area contributed by atoms with E-state index in [0.29, 0.717) is 15.6 Å². The average Bonchev–Trinajstić information content (AvgIpc) is 3.38. The summed E-state index contributed by atoms with van der Waals surface area (Å²) in [5.41, 5.74) is 0.605. The summed E-state index contributed by atoms with van der Waals surface area (Å²) in [5.74, 6) is 0.467. The van der Waals surface area contributed by atoms with Crippen LogP contribution in [0.2, 0.25) is 10.0 Å². The Hall–Kier alpha value is -1.93. The molecule has 3 aromatic rings. The van der Waals surface area contributed by atoms with Gasteiger partial charge >= 0.3 is 0 Å². The highest BCUT2D eigenvalue weighted by Gasteiger charge is 2.39. The molecule has 0 amide bonds. The zero-order valence-corrected chi connectivity index (χ0v) is 16.4. The molecule has 0 bridgehead atoms. The van der Waals surface area contributed by atoms with Crippen LogP contribution in [0.15, 0.2) is 57.8 Å². The fourth-order valence-electron chi connectivity index (χ4n) is 2.73. The van der Waals surface area contributed by atoms with Gasteiger partial charge in [0.25, 0.3) is 0 Å². The standard InChI is InChI=1S/C18H15Cl2N3O3S/c19-12-4-3-5-14(10-12)27(24,25)23(13-8-9-13)11-17-21-22-18(26-17)15-6-1-2-7-16(15)20/h1-7,10,13H,8-9,11H2. The van der Waals surface area contributed by atoms with Gasteiger partial charge in [0.05, 0.1) is 22.0 Å². The van der Waals surface area contributed by atoms with Crippen molar-refractivity contribution in [3.63, 3.8) is 0 Å². The second-order valence-corrected chi connectivity index (χ2v) is 8.95. The SMILES string of the molecule is O=S(=O)(c1cccc(Cl)c1)N(Cc1nnc(-c2ccccc2Cl)o1)C1CC1. The van der Waals surface area contributed by atoms with E-state index in [1.165, 1.54) is 16.4 Å². The molecule has 6 nitrogen and oxygen atoms in total. The first kappa shape index (κ1) is 18.4. The monoisotopic (exact) mass is 423 g/mol. The van der Waals surface area contributed by atoms with Crippen LogP contribution in [0.1, 0.15) is 18.7 Å². The third-order valence-corrected chi connectivity index (χ3v) is 6.68. The maximum Gasteiger partial charge on any atom is 0.249 e. The lowest BCUT2D eigenvalue weighted by Crippen LogP contribution is -2.32. The van der Waals surface area contributed by atoms with Gasteiger partial charge in [-0.2, -0.15) is 4.31 Å². The number of nitrogens with zero attached hydrogens (tertiary/aromatic N) is 3. The van der Waals surface area contributed by atoms with Gasteiger partial charge in [0.15, 0.2) is 0 Å². The number of aromatic nitrogens is 2.